The van der Waals surface area contributed by atoms with Crippen LogP contribution in [-0.4, -0.2) is 19.9 Å². The van der Waals surface area contributed by atoms with Crippen LogP contribution in [-0.2, 0) is 9.47 Å². The summed E-state index contributed by atoms with van der Waals surface area (Å²) in [5.74, 6) is 5.42. The molecular formula is C7H10O3. The molecule has 0 aliphatic heterocycles. The van der Waals surface area contributed by atoms with E-state index in [-0.39, 0.29) is 0 Å². The van der Waals surface area contributed by atoms with Gasteiger partial charge in [0, 0.05) is 6.42 Å². The minimum Gasteiger partial charge on any atom is -0.438 e. The molecule has 0 fully saturated rings. The van der Waals surface area contributed by atoms with Gasteiger partial charge in [0.05, 0.1) is 7.11 Å². The summed E-state index contributed by atoms with van der Waals surface area (Å²) in [5, 5.41) is 0. The molecule has 0 atom stereocenters. The Morgan fingerprint density at radius 1 is 1.60 bits per heavy atom. The first-order chi connectivity index (χ1) is 4.81. The zero-order valence-electron chi connectivity index (χ0n) is 6.14. The molecule has 0 saturated heterocycles. The molecule has 0 aromatic heterocycles. The molecule has 3 nitrogen and oxygen atoms in total. The van der Waals surface area contributed by atoms with Crippen molar-refractivity contribution in [2.45, 2.75) is 13.3 Å². The molecule has 10 heavy (non-hydrogen) atoms. The summed E-state index contributed by atoms with van der Waals surface area (Å²) in [6.45, 7) is 2.03. The quantitative estimate of drug-likeness (QED) is 0.330. The van der Waals surface area contributed by atoms with E-state index in [1.165, 1.54) is 7.11 Å². The van der Waals surface area contributed by atoms with E-state index in [4.69, 9.17) is 0 Å². The largest absolute Gasteiger partial charge is 0.508 e. The second-order valence-electron chi connectivity index (χ2n) is 1.48. The predicted molar refractivity (Wildman–Crippen MR) is 36.4 cm³/mol. The summed E-state index contributed by atoms with van der Waals surface area (Å²) in [6.07, 6.45) is -0.0936. The first-order valence-corrected chi connectivity index (χ1v) is 2.91. The van der Waals surface area contributed by atoms with E-state index >= 15 is 0 Å². The molecular weight excluding hydrogens is 132 g/mol. The van der Waals surface area contributed by atoms with E-state index in [1.54, 1.807) is 6.92 Å². The number of rotatable bonds is 2. The third-order valence-corrected chi connectivity index (χ3v) is 0.790. The zero-order chi connectivity index (χ0) is 7.82. The van der Waals surface area contributed by atoms with Gasteiger partial charge >= 0.3 is 6.16 Å². The van der Waals surface area contributed by atoms with E-state index < -0.39 is 6.16 Å². The topological polar surface area (TPSA) is 35.5 Å². The summed E-state index contributed by atoms with van der Waals surface area (Å²) >= 11 is 0. The van der Waals surface area contributed by atoms with Gasteiger partial charge in [-0.15, -0.1) is 11.8 Å². The lowest BCUT2D eigenvalue weighted by atomic mass is 10.4. The van der Waals surface area contributed by atoms with Gasteiger partial charge in [0.15, 0.2) is 0 Å². The van der Waals surface area contributed by atoms with Gasteiger partial charge in [-0.1, -0.05) is 0 Å². The molecule has 56 valence electrons. The molecule has 0 heterocycles. The summed E-state index contributed by atoms with van der Waals surface area (Å²) < 4.78 is 8.75. The molecule has 0 radical (unpaired) electrons. The van der Waals surface area contributed by atoms with Crippen molar-refractivity contribution in [1.29, 1.82) is 0 Å². The molecule has 0 spiro atoms. The lowest BCUT2D eigenvalue weighted by molar-refractivity contribution is 0.0745. The minimum atomic E-state index is -0.655. The molecule has 0 rings (SSSR count). The maximum absolute atomic E-state index is 10.3. The van der Waals surface area contributed by atoms with Crippen molar-refractivity contribution < 1.29 is 14.3 Å². The Bertz CT molecular complexity index is 152. The van der Waals surface area contributed by atoms with Gasteiger partial charge in [0.25, 0.3) is 0 Å². The molecule has 0 aliphatic carbocycles. The van der Waals surface area contributed by atoms with Crippen LogP contribution in [0.4, 0.5) is 4.79 Å². The van der Waals surface area contributed by atoms with Crippen LogP contribution in [0.3, 0.4) is 0 Å². The summed E-state index contributed by atoms with van der Waals surface area (Å²) in [7, 11) is 1.27. The second kappa shape index (κ2) is 5.96. The van der Waals surface area contributed by atoms with Crippen molar-refractivity contribution in [3.8, 4) is 11.8 Å². The third kappa shape index (κ3) is 4.98. The minimum absolute atomic E-state index is 0.299. The van der Waals surface area contributed by atoms with Crippen molar-refractivity contribution in [2.24, 2.45) is 0 Å². The van der Waals surface area contributed by atoms with Gasteiger partial charge in [0.1, 0.15) is 6.61 Å². The van der Waals surface area contributed by atoms with Crippen LogP contribution < -0.4 is 0 Å². The van der Waals surface area contributed by atoms with Gasteiger partial charge in [-0.05, 0) is 6.92 Å². The van der Waals surface area contributed by atoms with E-state index in [0.717, 1.165) is 0 Å². The molecule has 0 unspecified atom stereocenters. The molecule has 0 saturated carbocycles. The maximum atomic E-state index is 10.3. The van der Waals surface area contributed by atoms with E-state index in [1.807, 2.05) is 0 Å². The first kappa shape index (κ1) is 8.83. The van der Waals surface area contributed by atoms with Crippen LogP contribution in [0.2, 0.25) is 0 Å². The molecule has 0 amide bonds. The Labute approximate surface area is 60.3 Å². The Morgan fingerprint density at radius 3 is 2.80 bits per heavy atom. The van der Waals surface area contributed by atoms with Crippen LogP contribution in [0.25, 0.3) is 0 Å². The summed E-state index contributed by atoms with van der Waals surface area (Å²) in [4.78, 5) is 10.3. The van der Waals surface area contributed by atoms with E-state index in [9.17, 15) is 4.79 Å². The average Bonchev–Trinajstić information content (AvgIpc) is 1.98. The highest BCUT2D eigenvalue weighted by atomic mass is 16.7. The smallest absolute Gasteiger partial charge is 0.438 e. The first-order valence-electron chi connectivity index (χ1n) is 2.91. The van der Waals surface area contributed by atoms with Gasteiger partial charge in [0.2, 0.25) is 0 Å². The third-order valence-electron chi connectivity index (χ3n) is 0.790. The maximum Gasteiger partial charge on any atom is 0.508 e. The number of ether oxygens (including phenoxy) is 2. The number of hydrogen-bond donors (Lipinski definition) is 0. The number of methoxy groups -OCH3 is 1. The number of carbonyl (C=O) groups excluding carboxylic acids is 1. The van der Waals surface area contributed by atoms with Crippen LogP contribution in [0, 0.1) is 11.8 Å². The van der Waals surface area contributed by atoms with Crippen LogP contribution in [0.15, 0.2) is 0 Å². The SMILES string of the molecule is CC#CCCOC(=O)OC. The fourth-order valence-corrected chi connectivity index (χ4v) is 0.369. The normalized spacial score (nSPS) is 7.40. The highest BCUT2D eigenvalue weighted by molar-refractivity contribution is 5.59. The Balaban J connectivity index is 3.17. The van der Waals surface area contributed by atoms with Crippen molar-refractivity contribution in [3.63, 3.8) is 0 Å². The van der Waals surface area contributed by atoms with Crippen molar-refractivity contribution in [3.05, 3.63) is 0 Å². The fourth-order valence-electron chi connectivity index (χ4n) is 0.369. The highest BCUT2D eigenvalue weighted by Gasteiger charge is 1.96. The van der Waals surface area contributed by atoms with Gasteiger partial charge in [-0.3, -0.25) is 0 Å². The van der Waals surface area contributed by atoms with Crippen molar-refractivity contribution >= 4 is 6.16 Å². The lowest BCUT2D eigenvalue weighted by Crippen LogP contribution is -2.04. The molecule has 3 heteroatoms. The summed E-state index contributed by atoms with van der Waals surface area (Å²) in [6, 6.07) is 0. The Morgan fingerprint density at radius 2 is 2.30 bits per heavy atom. The Hall–Kier alpha value is -1.17. The lowest BCUT2D eigenvalue weighted by Gasteiger charge is -1.97. The van der Waals surface area contributed by atoms with Gasteiger partial charge < -0.3 is 9.47 Å². The van der Waals surface area contributed by atoms with E-state index in [0.29, 0.717) is 13.0 Å². The standard InChI is InChI=1S/C7H10O3/c1-3-4-5-6-10-7(8)9-2/h5-6H2,1-2H3. The number of carbonyl (C=O) groups is 1. The Kier molecular flexibility index (Phi) is 5.26. The highest BCUT2D eigenvalue weighted by Crippen LogP contribution is 1.84. The van der Waals surface area contributed by atoms with Gasteiger partial charge in [-0.2, -0.15) is 0 Å². The predicted octanol–water partition coefficient (Wildman–Crippen LogP) is 1.18. The molecule has 0 bridgehead atoms. The van der Waals surface area contributed by atoms with Crippen LogP contribution in [0.5, 0.6) is 0 Å². The zero-order valence-corrected chi connectivity index (χ0v) is 6.14. The average molecular weight is 142 g/mol. The molecule has 0 aromatic rings. The molecule has 0 N–H and O–H groups in total. The van der Waals surface area contributed by atoms with Crippen LogP contribution in [0.1, 0.15) is 13.3 Å². The number of hydrogen-bond acceptors (Lipinski definition) is 3. The summed E-state index contributed by atoms with van der Waals surface area (Å²) in [5.41, 5.74) is 0. The van der Waals surface area contributed by atoms with Gasteiger partial charge in [-0.25, -0.2) is 4.79 Å². The van der Waals surface area contributed by atoms with E-state index in [2.05, 4.69) is 21.3 Å². The van der Waals surface area contributed by atoms with Crippen molar-refractivity contribution in [2.75, 3.05) is 13.7 Å². The fraction of sp³-hybridized carbons (Fsp3) is 0.571. The van der Waals surface area contributed by atoms with Crippen LogP contribution >= 0.6 is 0 Å². The molecule has 0 aromatic carbocycles. The second-order valence-corrected chi connectivity index (χ2v) is 1.48. The monoisotopic (exact) mass is 142 g/mol. The van der Waals surface area contributed by atoms with Crippen molar-refractivity contribution in [1.82, 2.24) is 0 Å². The molecule has 0 aliphatic rings.